The zero-order valence-electron chi connectivity index (χ0n) is 22.3. The largest absolute Gasteiger partial charge is 0.367 e. The molecule has 10 heteroatoms. The Morgan fingerprint density at radius 3 is 2.00 bits per heavy atom. The first-order valence-corrected chi connectivity index (χ1v) is 13.5. The fraction of sp³-hybridized carbons (Fsp3) is 0.444. The summed E-state index contributed by atoms with van der Waals surface area (Å²) in [6.07, 6.45) is 0. The van der Waals surface area contributed by atoms with E-state index >= 15 is 0 Å². The fourth-order valence-corrected chi connectivity index (χ4v) is 5.55. The van der Waals surface area contributed by atoms with Crippen molar-refractivity contribution >= 4 is 39.7 Å². The Bertz CT molecular complexity index is 1270. The highest BCUT2D eigenvalue weighted by atomic mass is 32.1. The van der Waals surface area contributed by atoms with Crippen molar-refractivity contribution in [2.24, 2.45) is 7.05 Å². The first kappa shape index (κ1) is 28.4. The number of aromatic nitrogens is 1. The molecule has 9 nitrogen and oxygen atoms in total. The van der Waals surface area contributed by atoms with E-state index in [4.69, 9.17) is 0 Å². The van der Waals surface area contributed by atoms with Gasteiger partial charge < -0.3 is 30.3 Å². The maximum atomic E-state index is 13.7. The lowest BCUT2D eigenvalue weighted by atomic mass is 10.0. The number of nitrogens with zero attached hydrogens (tertiary/aromatic N) is 5. The van der Waals surface area contributed by atoms with E-state index in [9.17, 15) is 14.4 Å². The van der Waals surface area contributed by atoms with Gasteiger partial charge in [-0.15, -0.1) is 11.3 Å². The van der Waals surface area contributed by atoms with Crippen LogP contribution in [0.25, 0.3) is 10.9 Å². The molecule has 0 radical (unpaired) electrons. The Labute approximate surface area is 222 Å². The van der Waals surface area contributed by atoms with Crippen molar-refractivity contribution in [1.29, 1.82) is 0 Å². The van der Waals surface area contributed by atoms with E-state index < -0.39 is 0 Å². The minimum Gasteiger partial charge on any atom is -0.367 e. The van der Waals surface area contributed by atoms with E-state index in [-0.39, 0.29) is 29.1 Å². The molecule has 2 saturated heterocycles. The van der Waals surface area contributed by atoms with Crippen molar-refractivity contribution in [2.45, 2.75) is 13.8 Å². The molecule has 0 saturated carbocycles. The highest BCUT2D eigenvalue weighted by molar-refractivity contribution is 7.12. The number of pyridine rings is 1. The van der Waals surface area contributed by atoms with Crippen molar-refractivity contribution in [3.05, 3.63) is 62.6 Å². The van der Waals surface area contributed by atoms with Gasteiger partial charge in [0.05, 0.1) is 16.1 Å². The van der Waals surface area contributed by atoms with Gasteiger partial charge in [0, 0.05) is 64.8 Å². The number of rotatable bonds is 3. The van der Waals surface area contributed by atoms with Crippen LogP contribution in [0.4, 0.5) is 5.69 Å². The van der Waals surface area contributed by atoms with Gasteiger partial charge in [0.2, 0.25) is 0 Å². The van der Waals surface area contributed by atoms with Crippen molar-refractivity contribution in [2.75, 3.05) is 64.3 Å². The second-order valence-corrected chi connectivity index (χ2v) is 9.90. The molecule has 2 fully saturated rings. The number of benzene rings is 1. The van der Waals surface area contributed by atoms with Crippen LogP contribution < -0.4 is 16.6 Å². The minimum absolute atomic E-state index is 0. The van der Waals surface area contributed by atoms with Gasteiger partial charge in [-0.05, 0) is 24.6 Å². The molecular weight excluding hydrogens is 488 g/mol. The molecule has 2 aromatic heterocycles. The molecule has 37 heavy (non-hydrogen) atoms. The monoisotopic (exact) mass is 526 g/mol. The quantitative estimate of drug-likeness (QED) is 0.562. The summed E-state index contributed by atoms with van der Waals surface area (Å²) >= 11 is 1.45. The third-order valence-electron chi connectivity index (χ3n) is 6.90. The van der Waals surface area contributed by atoms with Crippen LogP contribution in [0.15, 0.2) is 46.6 Å². The standard InChI is InChI=1S/C25H29N5O3S.C2H6.H3N/c1-26-9-11-30(12-10-26)25(33)21-22(18-6-3-4-7-19(18)27(2)24(21)32)28-13-15-29(16-14-28)23(31)20-8-5-17-34-20;1-2;/h3-8,17H,9-16H2,1-2H3;1-2H3;1H3. The van der Waals surface area contributed by atoms with E-state index in [1.54, 1.807) is 16.5 Å². The number of likely N-dealkylation sites (N-methyl/N-ethyl adjacent to an activating group) is 1. The molecule has 0 atom stereocenters. The number of anilines is 1. The van der Waals surface area contributed by atoms with E-state index in [1.165, 1.54) is 11.3 Å². The van der Waals surface area contributed by atoms with Gasteiger partial charge in [-0.3, -0.25) is 14.4 Å². The van der Waals surface area contributed by atoms with Gasteiger partial charge in [0.1, 0.15) is 5.56 Å². The summed E-state index contributed by atoms with van der Waals surface area (Å²) < 4.78 is 1.58. The van der Waals surface area contributed by atoms with Gasteiger partial charge in [0.25, 0.3) is 17.4 Å². The summed E-state index contributed by atoms with van der Waals surface area (Å²) in [6, 6.07) is 11.5. The Morgan fingerprint density at radius 1 is 0.784 bits per heavy atom. The molecule has 0 bridgehead atoms. The number of hydrogen-bond acceptors (Lipinski definition) is 7. The van der Waals surface area contributed by atoms with E-state index in [0.29, 0.717) is 45.0 Å². The van der Waals surface area contributed by atoms with Gasteiger partial charge in [0.15, 0.2) is 0 Å². The van der Waals surface area contributed by atoms with Crippen LogP contribution in [0.1, 0.15) is 33.9 Å². The van der Waals surface area contributed by atoms with Crippen molar-refractivity contribution in [3.8, 4) is 0 Å². The number of thiophene rings is 1. The van der Waals surface area contributed by atoms with E-state index in [1.807, 2.05) is 67.6 Å². The number of carbonyl (C=O) groups excluding carboxylic acids is 2. The molecule has 2 amide bonds. The molecule has 0 unspecified atom stereocenters. The molecule has 3 aromatic rings. The Morgan fingerprint density at radius 2 is 1.38 bits per heavy atom. The summed E-state index contributed by atoms with van der Waals surface area (Å²) in [4.78, 5) is 48.8. The number of piperazine rings is 2. The van der Waals surface area contributed by atoms with Gasteiger partial charge in [-0.2, -0.15) is 0 Å². The maximum absolute atomic E-state index is 13.7. The summed E-state index contributed by atoms with van der Waals surface area (Å²) in [7, 11) is 3.77. The Balaban J connectivity index is 0.00000124. The van der Waals surface area contributed by atoms with Crippen LogP contribution in [0.3, 0.4) is 0 Å². The number of aryl methyl sites for hydroxylation is 1. The molecular formula is C27H38N6O3S. The van der Waals surface area contributed by atoms with Crippen molar-refractivity contribution in [1.82, 2.24) is 25.4 Å². The molecule has 5 rings (SSSR count). The summed E-state index contributed by atoms with van der Waals surface area (Å²) in [6.45, 7) is 9.01. The molecule has 3 N–H and O–H groups in total. The Kier molecular flexibility index (Phi) is 9.47. The van der Waals surface area contributed by atoms with Gasteiger partial charge >= 0.3 is 0 Å². The third kappa shape index (κ3) is 5.56. The molecule has 2 aliphatic rings. The van der Waals surface area contributed by atoms with Gasteiger partial charge in [-0.1, -0.05) is 38.1 Å². The topological polar surface area (TPSA) is 104 Å². The fourth-order valence-electron chi connectivity index (χ4n) is 4.86. The number of amides is 2. The van der Waals surface area contributed by atoms with Crippen LogP contribution in [0.2, 0.25) is 0 Å². The highest BCUT2D eigenvalue weighted by Crippen LogP contribution is 2.31. The first-order chi connectivity index (χ1) is 17.5. The molecule has 4 heterocycles. The molecule has 2 aliphatic heterocycles. The van der Waals surface area contributed by atoms with Gasteiger partial charge in [-0.25, -0.2) is 0 Å². The Hall–Kier alpha value is -3.21. The molecule has 0 aliphatic carbocycles. The lowest BCUT2D eigenvalue weighted by Gasteiger charge is -2.38. The zero-order chi connectivity index (χ0) is 25.8. The zero-order valence-corrected chi connectivity index (χ0v) is 23.1. The van der Waals surface area contributed by atoms with Crippen LogP contribution >= 0.6 is 11.3 Å². The second kappa shape index (κ2) is 12.4. The summed E-state index contributed by atoms with van der Waals surface area (Å²) in [5, 5.41) is 2.80. The molecule has 1 aromatic carbocycles. The van der Waals surface area contributed by atoms with Crippen LogP contribution in [0, 0.1) is 0 Å². The molecule has 0 spiro atoms. The number of fused-ring (bicyclic) bond motifs is 1. The SMILES string of the molecule is CC.CN1CCN(C(=O)c2c(N3CCN(C(=O)c4cccs4)CC3)c3ccccc3n(C)c2=O)CC1.N. The minimum atomic E-state index is -0.269. The average molecular weight is 527 g/mol. The van der Waals surface area contributed by atoms with Crippen molar-refractivity contribution in [3.63, 3.8) is 0 Å². The van der Waals surface area contributed by atoms with Crippen LogP contribution in [-0.2, 0) is 7.05 Å². The summed E-state index contributed by atoms with van der Waals surface area (Å²) in [5.41, 5.74) is 1.47. The second-order valence-electron chi connectivity index (χ2n) is 8.96. The lowest BCUT2D eigenvalue weighted by molar-refractivity contribution is 0.0660. The normalized spacial score (nSPS) is 16.2. The first-order valence-electron chi connectivity index (χ1n) is 12.6. The van der Waals surface area contributed by atoms with Crippen LogP contribution in [0.5, 0.6) is 0 Å². The van der Waals surface area contributed by atoms with E-state index in [0.717, 1.165) is 28.9 Å². The van der Waals surface area contributed by atoms with E-state index in [2.05, 4.69) is 9.80 Å². The molecule has 200 valence electrons. The highest BCUT2D eigenvalue weighted by Gasteiger charge is 2.32. The van der Waals surface area contributed by atoms with Crippen molar-refractivity contribution < 1.29 is 9.59 Å². The summed E-state index contributed by atoms with van der Waals surface area (Å²) in [5.74, 6) is -0.163. The number of carbonyl (C=O) groups is 2. The predicted molar refractivity (Wildman–Crippen MR) is 151 cm³/mol. The maximum Gasteiger partial charge on any atom is 0.265 e. The average Bonchev–Trinajstić information content (AvgIpc) is 3.47. The smallest absolute Gasteiger partial charge is 0.265 e. The lowest BCUT2D eigenvalue weighted by Crippen LogP contribution is -2.51. The van der Waals surface area contributed by atoms with Crippen LogP contribution in [-0.4, -0.2) is 90.5 Å². The predicted octanol–water partition coefficient (Wildman–Crippen LogP) is 3.14. The third-order valence-corrected chi connectivity index (χ3v) is 7.75. The number of para-hydroxylation sites is 1. The number of hydrogen-bond donors (Lipinski definition) is 1.